The van der Waals surface area contributed by atoms with Gasteiger partial charge >= 0.3 is 0 Å². The fourth-order valence-electron chi connectivity index (χ4n) is 5.21. The molecule has 2 N–H and O–H groups in total. The molecule has 0 aromatic heterocycles. The highest BCUT2D eigenvalue weighted by Gasteiger charge is 2.39. The molecular weight excluding hydrogens is 492 g/mol. The van der Waals surface area contributed by atoms with Gasteiger partial charge in [0.15, 0.2) is 0 Å². The van der Waals surface area contributed by atoms with E-state index in [4.69, 9.17) is 18.9 Å². The Morgan fingerprint density at radius 3 is 2.22 bits per heavy atom. The number of fused-ring (bicyclic) bond motifs is 3. The quantitative estimate of drug-likeness (QED) is 0.385. The van der Waals surface area contributed by atoms with Crippen LogP contribution in [-0.4, -0.2) is 36.9 Å². The first-order valence-corrected chi connectivity index (χ1v) is 13.4. The van der Waals surface area contributed by atoms with Crippen molar-refractivity contribution in [2.45, 2.75) is 23.3 Å². The molecule has 0 spiro atoms. The van der Waals surface area contributed by atoms with Crippen molar-refractivity contribution in [3.05, 3.63) is 77.9 Å². The second-order valence-corrected chi connectivity index (χ2v) is 10.7. The highest BCUT2D eigenvalue weighted by Crippen LogP contribution is 2.52. The Kier molecular flexibility index (Phi) is 6.64. The smallest absolute Gasteiger partial charge is 0.262 e. The van der Waals surface area contributed by atoms with Crippen molar-refractivity contribution in [3.8, 4) is 23.0 Å². The average Bonchev–Trinajstić information content (AvgIpc) is 3.42. The van der Waals surface area contributed by atoms with Crippen molar-refractivity contribution in [1.82, 2.24) is 0 Å². The van der Waals surface area contributed by atoms with Gasteiger partial charge in [0.1, 0.15) is 23.0 Å². The summed E-state index contributed by atoms with van der Waals surface area (Å²) >= 11 is 0. The van der Waals surface area contributed by atoms with Crippen molar-refractivity contribution in [1.29, 1.82) is 0 Å². The average molecular weight is 523 g/mol. The summed E-state index contributed by atoms with van der Waals surface area (Å²) < 4.78 is 51.0. The van der Waals surface area contributed by atoms with Crippen LogP contribution in [0.1, 0.15) is 29.5 Å². The fourth-order valence-corrected chi connectivity index (χ4v) is 6.31. The minimum absolute atomic E-state index is 0.00232. The van der Waals surface area contributed by atoms with Gasteiger partial charge in [0.25, 0.3) is 10.0 Å². The van der Waals surface area contributed by atoms with Crippen LogP contribution in [-0.2, 0) is 10.0 Å². The summed E-state index contributed by atoms with van der Waals surface area (Å²) in [7, 11) is 2.44. The highest BCUT2D eigenvalue weighted by molar-refractivity contribution is 7.92. The number of nitrogens with one attached hydrogen (secondary N) is 2. The maximum Gasteiger partial charge on any atom is 0.262 e. The van der Waals surface area contributed by atoms with E-state index in [1.165, 1.54) is 7.11 Å². The molecule has 1 heterocycles. The van der Waals surface area contributed by atoms with Gasteiger partial charge < -0.3 is 24.3 Å². The number of sulfonamides is 1. The highest BCUT2D eigenvalue weighted by atomic mass is 32.2. The third-order valence-corrected chi connectivity index (χ3v) is 8.44. The molecule has 0 fully saturated rings. The number of allylic oxidation sites excluding steroid dienone is 2. The fraction of sp³-hybridized carbons (Fsp3) is 0.286. The molecule has 9 heteroatoms. The molecule has 3 aromatic carbocycles. The van der Waals surface area contributed by atoms with Crippen LogP contribution in [0.5, 0.6) is 23.0 Å². The molecule has 37 heavy (non-hydrogen) atoms. The molecule has 0 bridgehead atoms. The molecule has 0 saturated heterocycles. The van der Waals surface area contributed by atoms with E-state index in [2.05, 4.69) is 22.2 Å². The lowest BCUT2D eigenvalue weighted by Crippen LogP contribution is -2.29. The van der Waals surface area contributed by atoms with Gasteiger partial charge in [-0.3, -0.25) is 4.72 Å². The first kappa shape index (κ1) is 24.8. The molecule has 2 aliphatic rings. The summed E-state index contributed by atoms with van der Waals surface area (Å²) in [5.41, 5.74) is 3.23. The number of methoxy groups -OCH3 is 4. The van der Waals surface area contributed by atoms with Crippen molar-refractivity contribution < 1.29 is 27.4 Å². The number of anilines is 2. The van der Waals surface area contributed by atoms with E-state index >= 15 is 0 Å². The van der Waals surface area contributed by atoms with Crippen molar-refractivity contribution >= 4 is 21.4 Å². The molecule has 1 aliphatic heterocycles. The summed E-state index contributed by atoms with van der Waals surface area (Å²) in [5.74, 6) is 2.71. The van der Waals surface area contributed by atoms with Gasteiger partial charge in [-0.2, -0.15) is 0 Å². The largest absolute Gasteiger partial charge is 0.497 e. The van der Waals surface area contributed by atoms with E-state index < -0.39 is 10.0 Å². The molecule has 8 nitrogen and oxygen atoms in total. The number of ether oxygens (including phenoxy) is 4. The van der Waals surface area contributed by atoms with Gasteiger partial charge in [-0.1, -0.05) is 12.2 Å². The van der Waals surface area contributed by atoms with Gasteiger partial charge in [-0.05, 0) is 60.4 Å². The third kappa shape index (κ3) is 4.55. The number of hydrogen-bond acceptors (Lipinski definition) is 7. The molecule has 1 aliphatic carbocycles. The molecule has 3 aromatic rings. The van der Waals surface area contributed by atoms with Crippen LogP contribution in [0.3, 0.4) is 0 Å². The zero-order valence-corrected chi connectivity index (χ0v) is 22.0. The Labute approximate surface area is 217 Å². The summed E-state index contributed by atoms with van der Waals surface area (Å²) in [6, 6.07) is 16.0. The van der Waals surface area contributed by atoms with Crippen LogP contribution in [0.2, 0.25) is 0 Å². The molecule has 0 amide bonds. The standard InChI is InChI=1S/C28H30N2O6S/c1-33-17-8-11-22(26(14-17)35-3)28-21-7-5-6-20(21)23-16-19(10-13-24(23)29-28)37(31,32)30-25-12-9-18(34-2)15-27(25)36-4/h5-6,8-16,20-21,28-30H,7H2,1-4H3/t20-,21+,28-/m0/s1. The van der Waals surface area contributed by atoms with Gasteiger partial charge in [-0.25, -0.2) is 8.42 Å². The minimum atomic E-state index is -3.87. The molecule has 3 atom stereocenters. The lowest BCUT2D eigenvalue weighted by Gasteiger charge is -2.38. The third-order valence-electron chi connectivity index (χ3n) is 7.07. The molecule has 5 rings (SSSR count). The lowest BCUT2D eigenvalue weighted by molar-refractivity contribution is 0.372. The Hall–Kier alpha value is -3.85. The molecule has 0 unspecified atom stereocenters. The van der Waals surface area contributed by atoms with Crippen LogP contribution in [0.25, 0.3) is 0 Å². The van der Waals surface area contributed by atoms with Gasteiger partial charge in [0, 0.05) is 29.3 Å². The molecule has 194 valence electrons. The predicted molar refractivity (Wildman–Crippen MR) is 143 cm³/mol. The Morgan fingerprint density at radius 1 is 0.811 bits per heavy atom. The zero-order valence-electron chi connectivity index (χ0n) is 21.1. The Bertz CT molecular complexity index is 1450. The molecule has 0 saturated carbocycles. The maximum atomic E-state index is 13.4. The summed E-state index contributed by atoms with van der Waals surface area (Å²) in [4.78, 5) is 0.186. The van der Waals surface area contributed by atoms with Crippen molar-refractivity contribution in [2.24, 2.45) is 5.92 Å². The van der Waals surface area contributed by atoms with Gasteiger partial charge in [-0.15, -0.1) is 0 Å². The normalized spacial score (nSPS) is 19.8. The van der Waals surface area contributed by atoms with E-state index in [0.29, 0.717) is 17.2 Å². The topological polar surface area (TPSA) is 95.1 Å². The summed E-state index contributed by atoms with van der Waals surface area (Å²) in [6.07, 6.45) is 5.20. The molecule has 0 radical (unpaired) electrons. The van der Waals surface area contributed by atoms with E-state index in [0.717, 1.165) is 34.7 Å². The van der Waals surface area contributed by atoms with E-state index in [1.54, 1.807) is 51.7 Å². The van der Waals surface area contributed by atoms with Crippen LogP contribution >= 0.6 is 0 Å². The van der Waals surface area contributed by atoms with Crippen LogP contribution < -0.4 is 29.0 Å². The van der Waals surface area contributed by atoms with Gasteiger partial charge in [0.2, 0.25) is 0 Å². The van der Waals surface area contributed by atoms with Crippen molar-refractivity contribution in [2.75, 3.05) is 38.5 Å². The Morgan fingerprint density at radius 2 is 1.51 bits per heavy atom. The number of rotatable bonds is 8. The van der Waals surface area contributed by atoms with Crippen molar-refractivity contribution in [3.63, 3.8) is 0 Å². The summed E-state index contributed by atoms with van der Waals surface area (Å²) in [5, 5.41) is 3.65. The second kappa shape index (κ2) is 9.89. The van der Waals surface area contributed by atoms with Crippen LogP contribution in [0.4, 0.5) is 11.4 Å². The minimum Gasteiger partial charge on any atom is -0.497 e. The maximum absolute atomic E-state index is 13.4. The first-order valence-electron chi connectivity index (χ1n) is 11.9. The number of benzene rings is 3. The predicted octanol–water partition coefficient (Wildman–Crippen LogP) is 5.35. The van der Waals surface area contributed by atoms with Crippen LogP contribution in [0.15, 0.2) is 71.6 Å². The van der Waals surface area contributed by atoms with E-state index in [1.807, 2.05) is 24.3 Å². The van der Waals surface area contributed by atoms with Crippen LogP contribution in [0, 0.1) is 5.92 Å². The monoisotopic (exact) mass is 522 g/mol. The zero-order chi connectivity index (χ0) is 26.2. The molecular formula is C28H30N2O6S. The summed E-state index contributed by atoms with van der Waals surface area (Å²) in [6.45, 7) is 0. The SMILES string of the molecule is COc1ccc(NS(=O)(=O)c2ccc3c(c2)[C@H]2C=CC[C@H]2[C@@H](c2ccc(OC)cc2OC)N3)c(OC)c1. The Balaban J connectivity index is 1.48. The lowest BCUT2D eigenvalue weighted by atomic mass is 9.77. The van der Waals surface area contributed by atoms with E-state index in [9.17, 15) is 8.42 Å². The number of hydrogen-bond donors (Lipinski definition) is 2. The second-order valence-electron chi connectivity index (χ2n) is 9.00. The van der Waals surface area contributed by atoms with E-state index in [-0.39, 0.29) is 22.8 Å². The first-order chi connectivity index (χ1) is 17.9. The van der Waals surface area contributed by atoms with Gasteiger partial charge in [0.05, 0.1) is 45.1 Å².